The molecule has 0 unspecified atom stereocenters. The van der Waals surface area contributed by atoms with Crippen molar-refractivity contribution in [1.82, 2.24) is 19.6 Å². The van der Waals surface area contributed by atoms with Gasteiger partial charge in [0.05, 0.1) is 17.8 Å². The van der Waals surface area contributed by atoms with Gasteiger partial charge in [0.2, 0.25) is 0 Å². The van der Waals surface area contributed by atoms with Gasteiger partial charge in [-0.3, -0.25) is 9.69 Å². The maximum atomic E-state index is 12.7. The summed E-state index contributed by atoms with van der Waals surface area (Å²) in [5.74, 6) is 1.46. The number of carbonyl (C=O) groups excluding carboxylic acids is 1. The predicted molar refractivity (Wildman–Crippen MR) is 104 cm³/mol. The Morgan fingerprint density at radius 2 is 1.93 bits per heavy atom. The van der Waals surface area contributed by atoms with Gasteiger partial charge in [-0.1, -0.05) is 23.7 Å². The van der Waals surface area contributed by atoms with Crippen LogP contribution < -0.4 is 4.74 Å². The number of aromatic nitrogens is 2. The van der Waals surface area contributed by atoms with E-state index in [0.717, 1.165) is 25.4 Å². The SMILES string of the molecule is O=C(c1ccn(COc2ccccc2Cl)n1)N1CCN(Cc2ccco2)CC1. The number of carbonyl (C=O) groups is 1. The van der Waals surface area contributed by atoms with E-state index < -0.39 is 0 Å². The van der Waals surface area contributed by atoms with E-state index in [4.69, 9.17) is 20.8 Å². The Morgan fingerprint density at radius 3 is 2.68 bits per heavy atom. The fourth-order valence-electron chi connectivity index (χ4n) is 3.14. The van der Waals surface area contributed by atoms with Crippen LogP contribution in [-0.2, 0) is 13.3 Å². The van der Waals surface area contributed by atoms with E-state index in [1.807, 2.05) is 29.2 Å². The normalized spacial score (nSPS) is 15.0. The quantitative estimate of drug-likeness (QED) is 0.636. The third-order valence-corrected chi connectivity index (χ3v) is 4.98. The van der Waals surface area contributed by atoms with Crippen LogP contribution in [0.5, 0.6) is 5.75 Å². The Morgan fingerprint density at radius 1 is 1.11 bits per heavy atom. The fourth-order valence-corrected chi connectivity index (χ4v) is 3.33. The van der Waals surface area contributed by atoms with Crippen molar-refractivity contribution in [2.45, 2.75) is 13.3 Å². The van der Waals surface area contributed by atoms with E-state index in [2.05, 4.69) is 10.00 Å². The first-order chi connectivity index (χ1) is 13.7. The molecule has 146 valence electrons. The van der Waals surface area contributed by atoms with Gasteiger partial charge in [-0.2, -0.15) is 5.10 Å². The van der Waals surface area contributed by atoms with Crippen molar-refractivity contribution < 1.29 is 13.9 Å². The summed E-state index contributed by atoms with van der Waals surface area (Å²) >= 11 is 6.08. The van der Waals surface area contributed by atoms with Gasteiger partial charge in [0.15, 0.2) is 12.4 Å². The number of para-hydroxylation sites is 1. The highest BCUT2D eigenvalue weighted by molar-refractivity contribution is 6.32. The topological polar surface area (TPSA) is 63.7 Å². The minimum atomic E-state index is -0.0610. The third kappa shape index (κ3) is 4.37. The standard InChI is InChI=1S/C20H21ClN4O3/c21-17-5-1-2-6-19(17)28-15-25-8-7-18(22-25)20(26)24-11-9-23(10-12-24)14-16-4-3-13-27-16/h1-8,13H,9-12,14-15H2. The lowest BCUT2D eigenvalue weighted by molar-refractivity contribution is 0.0613. The zero-order chi connectivity index (χ0) is 19.3. The highest BCUT2D eigenvalue weighted by Gasteiger charge is 2.24. The van der Waals surface area contributed by atoms with Crippen LogP contribution in [0.15, 0.2) is 59.3 Å². The number of piperazine rings is 1. The van der Waals surface area contributed by atoms with Gasteiger partial charge in [-0.05, 0) is 30.3 Å². The molecule has 0 N–H and O–H groups in total. The second kappa shape index (κ2) is 8.50. The Bertz CT molecular complexity index is 917. The molecule has 4 rings (SSSR count). The van der Waals surface area contributed by atoms with Crippen molar-refractivity contribution in [1.29, 1.82) is 0 Å². The predicted octanol–water partition coefficient (Wildman–Crippen LogP) is 3.12. The summed E-state index contributed by atoms with van der Waals surface area (Å²) in [6, 6.07) is 12.8. The van der Waals surface area contributed by atoms with Crippen molar-refractivity contribution in [3.8, 4) is 5.75 Å². The maximum Gasteiger partial charge on any atom is 0.274 e. The number of furan rings is 1. The molecule has 1 saturated heterocycles. The van der Waals surface area contributed by atoms with Crippen LogP contribution in [0.2, 0.25) is 5.02 Å². The number of benzene rings is 1. The second-order valence-electron chi connectivity index (χ2n) is 6.59. The third-order valence-electron chi connectivity index (χ3n) is 4.67. The highest BCUT2D eigenvalue weighted by Crippen LogP contribution is 2.23. The van der Waals surface area contributed by atoms with Gasteiger partial charge in [0.25, 0.3) is 5.91 Å². The first-order valence-electron chi connectivity index (χ1n) is 9.14. The molecule has 2 aromatic heterocycles. The van der Waals surface area contributed by atoms with Crippen LogP contribution in [0, 0.1) is 0 Å². The molecule has 1 aliphatic heterocycles. The molecule has 1 fully saturated rings. The van der Waals surface area contributed by atoms with Crippen LogP contribution in [0.4, 0.5) is 0 Å². The van der Waals surface area contributed by atoms with E-state index in [0.29, 0.717) is 29.6 Å². The van der Waals surface area contributed by atoms with E-state index in [9.17, 15) is 4.79 Å². The zero-order valence-electron chi connectivity index (χ0n) is 15.3. The van der Waals surface area contributed by atoms with Crippen molar-refractivity contribution in [3.05, 3.63) is 71.4 Å². The van der Waals surface area contributed by atoms with Crippen LogP contribution in [-0.4, -0.2) is 51.7 Å². The lowest BCUT2D eigenvalue weighted by atomic mass is 10.2. The average Bonchev–Trinajstić information content (AvgIpc) is 3.39. The first-order valence-corrected chi connectivity index (χ1v) is 9.51. The number of halogens is 1. The van der Waals surface area contributed by atoms with Crippen molar-refractivity contribution in [2.24, 2.45) is 0 Å². The van der Waals surface area contributed by atoms with Crippen LogP contribution >= 0.6 is 11.6 Å². The molecule has 0 radical (unpaired) electrons. The van der Waals surface area contributed by atoms with Gasteiger partial charge >= 0.3 is 0 Å². The van der Waals surface area contributed by atoms with E-state index in [-0.39, 0.29) is 12.6 Å². The monoisotopic (exact) mass is 400 g/mol. The van der Waals surface area contributed by atoms with E-state index in [1.54, 1.807) is 35.3 Å². The van der Waals surface area contributed by atoms with Crippen molar-refractivity contribution >= 4 is 17.5 Å². The maximum absolute atomic E-state index is 12.7. The molecule has 0 spiro atoms. The molecule has 0 atom stereocenters. The smallest absolute Gasteiger partial charge is 0.274 e. The van der Waals surface area contributed by atoms with Crippen molar-refractivity contribution in [3.63, 3.8) is 0 Å². The second-order valence-corrected chi connectivity index (χ2v) is 7.00. The molecule has 28 heavy (non-hydrogen) atoms. The van der Waals surface area contributed by atoms with Crippen LogP contribution in [0.1, 0.15) is 16.2 Å². The van der Waals surface area contributed by atoms with Gasteiger partial charge < -0.3 is 14.1 Å². The summed E-state index contributed by atoms with van der Waals surface area (Å²) in [7, 11) is 0. The summed E-state index contributed by atoms with van der Waals surface area (Å²) in [6.07, 6.45) is 3.41. The Kier molecular flexibility index (Phi) is 5.64. The molecule has 0 saturated carbocycles. The summed E-state index contributed by atoms with van der Waals surface area (Å²) in [6.45, 7) is 3.91. The van der Waals surface area contributed by atoms with Gasteiger partial charge in [0, 0.05) is 32.4 Å². The molecule has 0 aliphatic carbocycles. The lowest BCUT2D eigenvalue weighted by Crippen LogP contribution is -2.48. The van der Waals surface area contributed by atoms with Crippen LogP contribution in [0.3, 0.4) is 0 Å². The molecule has 1 aliphatic rings. The summed E-state index contributed by atoms with van der Waals surface area (Å²) in [5, 5.41) is 4.88. The first kappa shape index (κ1) is 18.6. The number of hydrogen-bond donors (Lipinski definition) is 0. The Balaban J connectivity index is 1.29. The number of nitrogens with zero attached hydrogens (tertiary/aromatic N) is 4. The molecular weight excluding hydrogens is 380 g/mol. The number of ether oxygens (including phenoxy) is 1. The largest absolute Gasteiger partial charge is 0.470 e. The average molecular weight is 401 g/mol. The minimum Gasteiger partial charge on any atom is -0.470 e. The molecule has 7 nitrogen and oxygen atoms in total. The molecule has 3 heterocycles. The zero-order valence-corrected chi connectivity index (χ0v) is 16.1. The molecule has 8 heteroatoms. The highest BCUT2D eigenvalue weighted by atomic mass is 35.5. The number of amides is 1. The number of hydrogen-bond acceptors (Lipinski definition) is 5. The molecule has 1 aromatic carbocycles. The van der Waals surface area contributed by atoms with E-state index >= 15 is 0 Å². The molecular formula is C20H21ClN4O3. The van der Waals surface area contributed by atoms with Gasteiger partial charge in [-0.15, -0.1) is 0 Å². The van der Waals surface area contributed by atoms with Crippen molar-refractivity contribution in [2.75, 3.05) is 26.2 Å². The lowest BCUT2D eigenvalue weighted by Gasteiger charge is -2.33. The minimum absolute atomic E-state index is 0.0610. The van der Waals surface area contributed by atoms with Crippen LogP contribution in [0.25, 0.3) is 0 Å². The molecule has 1 amide bonds. The van der Waals surface area contributed by atoms with Gasteiger partial charge in [0.1, 0.15) is 11.5 Å². The van der Waals surface area contributed by atoms with Gasteiger partial charge in [-0.25, -0.2) is 4.68 Å². The summed E-state index contributed by atoms with van der Waals surface area (Å²) in [5.41, 5.74) is 0.419. The fraction of sp³-hybridized carbons (Fsp3) is 0.300. The van der Waals surface area contributed by atoms with E-state index in [1.165, 1.54) is 0 Å². The summed E-state index contributed by atoms with van der Waals surface area (Å²) in [4.78, 5) is 16.8. The Labute approximate surface area is 168 Å². The summed E-state index contributed by atoms with van der Waals surface area (Å²) < 4.78 is 12.6. The Hall–Kier alpha value is -2.77. The molecule has 3 aromatic rings. The number of rotatable bonds is 6. The molecule has 0 bridgehead atoms.